The molecule has 23 heavy (non-hydrogen) atoms. The van der Waals surface area contributed by atoms with Gasteiger partial charge < -0.3 is 15.1 Å². The van der Waals surface area contributed by atoms with Crippen LogP contribution < -0.4 is 0 Å². The predicted molar refractivity (Wildman–Crippen MR) is 83.9 cm³/mol. The second-order valence-electron chi connectivity index (χ2n) is 5.75. The SMILES string of the molecule is O=C(O)[C@@H]1C[C@](O)(c2ccccc2)CN1C(=O)c1ccccc1. The molecule has 1 aliphatic rings. The fraction of sp³-hybridized carbons (Fsp3) is 0.222. The fourth-order valence-electron chi connectivity index (χ4n) is 3.02. The van der Waals surface area contributed by atoms with E-state index in [-0.39, 0.29) is 18.9 Å². The lowest BCUT2D eigenvalue weighted by molar-refractivity contribution is -0.141. The van der Waals surface area contributed by atoms with Gasteiger partial charge in [-0.15, -0.1) is 0 Å². The highest BCUT2D eigenvalue weighted by molar-refractivity contribution is 5.97. The van der Waals surface area contributed by atoms with E-state index in [0.717, 1.165) is 0 Å². The molecule has 2 aromatic carbocycles. The Labute approximate surface area is 133 Å². The van der Waals surface area contributed by atoms with E-state index >= 15 is 0 Å². The van der Waals surface area contributed by atoms with Gasteiger partial charge in [-0.2, -0.15) is 0 Å². The number of nitrogens with zero attached hydrogens (tertiary/aromatic N) is 1. The molecule has 1 fully saturated rings. The molecule has 5 nitrogen and oxygen atoms in total. The molecule has 1 saturated heterocycles. The third-order valence-corrected chi connectivity index (χ3v) is 4.22. The molecule has 1 amide bonds. The summed E-state index contributed by atoms with van der Waals surface area (Å²) in [5.74, 6) is -1.49. The Morgan fingerprint density at radius 3 is 2.13 bits per heavy atom. The zero-order valence-corrected chi connectivity index (χ0v) is 12.4. The number of carbonyl (C=O) groups is 2. The number of hydrogen-bond acceptors (Lipinski definition) is 3. The summed E-state index contributed by atoms with van der Waals surface area (Å²) in [5.41, 5.74) is -0.319. The van der Waals surface area contributed by atoms with E-state index in [1.165, 1.54) is 4.90 Å². The first-order valence-corrected chi connectivity index (χ1v) is 7.38. The normalized spacial score (nSPS) is 23.7. The van der Waals surface area contributed by atoms with Gasteiger partial charge in [-0.05, 0) is 17.7 Å². The van der Waals surface area contributed by atoms with Crippen molar-refractivity contribution in [3.8, 4) is 0 Å². The van der Waals surface area contributed by atoms with Gasteiger partial charge in [-0.1, -0.05) is 48.5 Å². The summed E-state index contributed by atoms with van der Waals surface area (Å²) in [6.07, 6.45) is -0.0229. The van der Waals surface area contributed by atoms with Gasteiger partial charge in [0.05, 0.1) is 6.54 Å². The summed E-state index contributed by atoms with van der Waals surface area (Å²) in [6.45, 7) is -0.0400. The van der Waals surface area contributed by atoms with Crippen LogP contribution in [0.2, 0.25) is 0 Å². The molecule has 0 aromatic heterocycles. The second kappa shape index (κ2) is 5.85. The van der Waals surface area contributed by atoms with Gasteiger partial charge >= 0.3 is 5.97 Å². The largest absolute Gasteiger partial charge is 0.480 e. The van der Waals surface area contributed by atoms with Crippen LogP contribution in [0.4, 0.5) is 0 Å². The van der Waals surface area contributed by atoms with Gasteiger partial charge in [-0.3, -0.25) is 4.79 Å². The van der Waals surface area contributed by atoms with Crippen molar-refractivity contribution in [2.75, 3.05) is 6.54 Å². The summed E-state index contributed by atoms with van der Waals surface area (Å²) in [4.78, 5) is 25.4. The molecule has 0 saturated carbocycles. The molecule has 5 heteroatoms. The fourth-order valence-corrected chi connectivity index (χ4v) is 3.02. The molecule has 118 valence electrons. The molecular formula is C18H17NO4. The third kappa shape index (κ3) is 2.83. The minimum atomic E-state index is -1.35. The van der Waals surface area contributed by atoms with E-state index in [4.69, 9.17) is 0 Å². The molecule has 0 radical (unpaired) electrons. The molecular weight excluding hydrogens is 294 g/mol. The average Bonchev–Trinajstić information content (AvgIpc) is 2.95. The zero-order valence-electron chi connectivity index (χ0n) is 12.4. The molecule has 0 aliphatic carbocycles. The number of carbonyl (C=O) groups excluding carboxylic acids is 1. The number of aliphatic hydroxyl groups is 1. The van der Waals surface area contributed by atoms with Crippen molar-refractivity contribution in [1.82, 2.24) is 4.90 Å². The van der Waals surface area contributed by atoms with Crippen LogP contribution in [0.1, 0.15) is 22.3 Å². The van der Waals surface area contributed by atoms with Gasteiger partial charge in [0.2, 0.25) is 0 Å². The number of carboxylic acids is 1. The number of amides is 1. The van der Waals surface area contributed by atoms with Crippen molar-refractivity contribution in [2.24, 2.45) is 0 Å². The first-order valence-electron chi connectivity index (χ1n) is 7.38. The Morgan fingerprint density at radius 2 is 1.57 bits per heavy atom. The first kappa shape index (κ1) is 15.2. The Balaban J connectivity index is 1.94. The smallest absolute Gasteiger partial charge is 0.326 e. The van der Waals surface area contributed by atoms with Gasteiger partial charge in [0.1, 0.15) is 11.6 Å². The maximum atomic E-state index is 12.6. The summed E-state index contributed by atoms with van der Waals surface area (Å²) in [6, 6.07) is 16.3. The van der Waals surface area contributed by atoms with Gasteiger partial charge in [0.15, 0.2) is 0 Å². The topological polar surface area (TPSA) is 77.8 Å². The van der Waals surface area contributed by atoms with Crippen LogP contribution in [-0.2, 0) is 10.4 Å². The van der Waals surface area contributed by atoms with Crippen molar-refractivity contribution in [2.45, 2.75) is 18.1 Å². The van der Waals surface area contributed by atoms with Crippen LogP contribution in [0.15, 0.2) is 60.7 Å². The average molecular weight is 311 g/mol. The minimum Gasteiger partial charge on any atom is -0.480 e. The van der Waals surface area contributed by atoms with E-state index in [0.29, 0.717) is 11.1 Å². The van der Waals surface area contributed by atoms with E-state index in [1.807, 2.05) is 6.07 Å². The number of carboxylic acid groups (broad SMARTS) is 1. The van der Waals surface area contributed by atoms with Crippen molar-refractivity contribution >= 4 is 11.9 Å². The number of aliphatic carboxylic acids is 1. The van der Waals surface area contributed by atoms with Gasteiger partial charge in [0.25, 0.3) is 5.91 Å². The van der Waals surface area contributed by atoms with Gasteiger partial charge in [-0.25, -0.2) is 4.79 Å². The highest BCUT2D eigenvalue weighted by Crippen LogP contribution is 2.36. The predicted octanol–water partition coefficient (Wildman–Crippen LogP) is 1.87. The van der Waals surface area contributed by atoms with Crippen LogP contribution in [0.25, 0.3) is 0 Å². The highest BCUT2D eigenvalue weighted by atomic mass is 16.4. The van der Waals surface area contributed by atoms with Crippen molar-refractivity contribution in [3.63, 3.8) is 0 Å². The van der Waals surface area contributed by atoms with E-state index in [1.54, 1.807) is 54.6 Å². The van der Waals surface area contributed by atoms with E-state index in [9.17, 15) is 19.8 Å². The second-order valence-corrected chi connectivity index (χ2v) is 5.75. The Kier molecular flexibility index (Phi) is 3.88. The maximum absolute atomic E-state index is 12.6. The molecule has 0 spiro atoms. The Bertz CT molecular complexity index is 716. The lowest BCUT2D eigenvalue weighted by Crippen LogP contribution is -2.41. The Hall–Kier alpha value is -2.66. The summed E-state index contributed by atoms with van der Waals surface area (Å²) < 4.78 is 0. The van der Waals surface area contributed by atoms with Crippen LogP contribution >= 0.6 is 0 Å². The molecule has 1 aliphatic heterocycles. The molecule has 1 heterocycles. The van der Waals surface area contributed by atoms with Crippen LogP contribution in [0, 0.1) is 0 Å². The first-order chi connectivity index (χ1) is 11.0. The molecule has 3 rings (SSSR count). The maximum Gasteiger partial charge on any atom is 0.326 e. The summed E-state index contributed by atoms with van der Waals surface area (Å²) >= 11 is 0. The van der Waals surface area contributed by atoms with Crippen molar-refractivity contribution in [3.05, 3.63) is 71.8 Å². The van der Waals surface area contributed by atoms with Crippen LogP contribution in [0.3, 0.4) is 0 Å². The van der Waals surface area contributed by atoms with E-state index in [2.05, 4.69) is 0 Å². The third-order valence-electron chi connectivity index (χ3n) is 4.22. The molecule has 2 atom stereocenters. The Morgan fingerprint density at radius 1 is 1.00 bits per heavy atom. The van der Waals surface area contributed by atoms with Crippen molar-refractivity contribution < 1.29 is 19.8 Å². The van der Waals surface area contributed by atoms with E-state index < -0.39 is 17.6 Å². The number of rotatable bonds is 3. The highest BCUT2D eigenvalue weighted by Gasteiger charge is 2.49. The summed E-state index contributed by atoms with van der Waals surface area (Å²) in [5, 5.41) is 20.3. The monoisotopic (exact) mass is 311 g/mol. The number of likely N-dealkylation sites (tertiary alicyclic amines) is 1. The standard InChI is InChI=1S/C18H17NO4/c20-16(13-7-3-1-4-8-13)19-12-18(23,11-15(19)17(21)22)14-9-5-2-6-10-14/h1-10,15,23H,11-12H2,(H,21,22)/t15-,18+/m0/s1. The lowest BCUT2D eigenvalue weighted by atomic mass is 9.91. The zero-order chi connectivity index (χ0) is 16.4. The lowest BCUT2D eigenvalue weighted by Gasteiger charge is -2.24. The molecule has 2 aromatic rings. The number of benzene rings is 2. The molecule has 2 N–H and O–H groups in total. The van der Waals surface area contributed by atoms with Gasteiger partial charge in [0, 0.05) is 12.0 Å². The quantitative estimate of drug-likeness (QED) is 0.907. The number of hydrogen-bond donors (Lipinski definition) is 2. The van der Waals surface area contributed by atoms with Crippen molar-refractivity contribution in [1.29, 1.82) is 0 Å². The molecule has 0 unspecified atom stereocenters. The summed E-state index contributed by atoms with van der Waals surface area (Å²) in [7, 11) is 0. The number of β-amino-alcohol motifs (C(OH)–C–C–N with tert-alkyl or cyclic N) is 1. The molecule has 0 bridgehead atoms. The minimum absolute atomic E-state index is 0.0229. The van der Waals surface area contributed by atoms with Crippen LogP contribution in [0.5, 0.6) is 0 Å². The van der Waals surface area contributed by atoms with Crippen LogP contribution in [-0.4, -0.2) is 39.6 Å².